The van der Waals surface area contributed by atoms with Crippen molar-refractivity contribution in [2.24, 2.45) is 0 Å². The van der Waals surface area contributed by atoms with E-state index in [0.29, 0.717) is 24.5 Å². The van der Waals surface area contributed by atoms with Crippen molar-refractivity contribution < 1.29 is 19.3 Å². The van der Waals surface area contributed by atoms with Gasteiger partial charge in [0.15, 0.2) is 0 Å². The highest BCUT2D eigenvalue weighted by Crippen LogP contribution is 2.18. The standard InChI is InChI=1S/C12H16O4/c1-3-9-15-16-12(13)10-7-5-6-8-11(10)14-4-2/h5-8H,3-4,9H2,1-2H3. The van der Waals surface area contributed by atoms with Gasteiger partial charge >= 0.3 is 5.97 Å². The van der Waals surface area contributed by atoms with Crippen molar-refractivity contribution in [3.63, 3.8) is 0 Å². The fourth-order valence-corrected chi connectivity index (χ4v) is 1.14. The van der Waals surface area contributed by atoms with E-state index in [1.54, 1.807) is 24.3 Å². The first-order chi connectivity index (χ1) is 7.79. The maximum atomic E-state index is 11.6. The Kier molecular flexibility index (Phi) is 5.36. The van der Waals surface area contributed by atoms with Gasteiger partial charge in [-0.05, 0) is 25.5 Å². The fourth-order valence-electron chi connectivity index (χ4n) is 1.14. The lowest BCUT2D eigenvalue weighted by Gasteiger charge is -2.08. The molecule has 4 nitrogen and oxygen atoms in total. The molecular weight excluding hydrogens is 208 g/mol. The van der Waals surface area contributed by atoms with Crippen LogP contribution in [-0.2, 0) is 9.78 Å². The van der Waals surface area contributed by atoms with E-state index in [1.807, 2.05) is 13.8 Å². The van der Waals surface area contributed by atoms with Crippen LogP contribution in [0.25, 0.3) is 0 Å². The lowest BCUT2D eigenvalue weighted by molar-refractivity contribution is -0.240. The van der Waals surface area contributed by atoms with Crippen LogP contribution in [0.3, 0.4) is 0 Å². The molecule has 0 radical (unpaired) electrons. The lowest BCUT2D eigenvalue weighted by Crippen LogP contribution is -2.09. The summed E-state index contributed by atoms with van der Waals surface area (Å²) < 4.78 is 5.31. The van der Waals surface area contributed by atoms with Crippen molar-refractivity contribution in [1.82, 2.24) is 0 Å². The summed E-state index contributed by atoms with van der Waals surface area (Å²) in [5.74, 6) is -0.0207. The van der Waals surface area contributed by atoms with Gasteiger partial charge in [-0.15, -0.1) is 0 Å². The molecule has 0 aliphatic rings. The first-order valence-corrected chi connectivity index (χ1v) is 5.35. The molecule has 1 aromatic rings. The predicted octanol–water partition coefficient (Wildman–Crippen LogP) is 2.58. The van der Waals surface area contributed by atoms with Crippen molar-refractivity contribution in [2.45, 2.75) is 20.3 Å². The van der Waals surface area contributed by atoms with Crippen LogP contribution in [0.4, 0.5) is 0 Å². The molecule has 0 N–H and O–H groups in total. The zero-order valence-corrected chi connectivity index (χ0v) is 9.56. The third kappa shape index (κ3) is 3.55. The van der Waals surface area contributed by atoms with E-state index in [4.69, 9.17) is 9.62 Å². The van der Waals surface area contributed by atoms with Gasteiger partial charge < -0.3 is 4.74 Å². The van der Waals surface area contributed by atoms with Gasteiger partial charge in [-0.2, -0.15) is 4.89 Å². The Morgan fingerprint density at radius 1 is 1.25 bits per heavy atom. The van der Waals surface area contributed by atoms with Gasteiger partial charge in [0, 0.05) is 0 Å². The van der Waals surface area contributed by atoms with Crippen LogP contribution in [0, 0.1) is 0 Å². The fraction of sp³-hybridized carbons (Fsp3) is 0.417. The van der Waals surface area contributed by atoms with E-state index in [9.17, 15) is 4.79 Å². The smallest absolute Gasteiger partial charge is 0.376 e. The molecule has 0 aliphatic carbocycles. The summed E-state index contributed by atoms with van der Waals surface area (Å²) in [4.78, 5) is 21.0. The van der Waals surface area contributed by atoms with Gasteiger partial charge in [0.1, 0.15) is 11.3 Å². The third-order valence-electron chi connectivity index (χ3n) is 1.83. The highest BCUT2D eigenvalue weighted by Gasteiger charge is 2.13. The van der Waals surface area contributed by atoms with Crippen LogP contribution in [-0.4, -0.2) is 19.2 Å². The van der Waals surface area contributed by atoms with Crippen LogP contribution in [0.1, 0.15) is 30.6 Å². The maximum Gasteiger partial charge on any atom is 0.376 e. The SMILES string of the molecule is CCCOOC(=O)c1ccccc1OCC. The van der Waals surface area contributed by atoms with Crippen LogP contribution in [0.2, 0.25) is 0 Å². The molecule has 0 amide bonds. The molecule has 0 heterocycles. The third-order valence-corrected chi connectivity index (χ3v) is 1.83. The van der Waals surface area contributed by atoms with Crippen molar-refractivity contribution in [2.75, 3.05) is 13.2 Å². The van der Waals surface area contributed by atoms with Crippen LogP contribution >= 0.6 is 0 Å². The Labute approximate surface area is 95.1 Å². The van der Waals surface area contributed by atoms with Crippen LogP contribution in [0.15, 0.2) is 24.3 Å². The highest BCUT2D eigenvalue weighted by molar-refractivity contribution is 5.92. The number of benzene rings is 1. The summed E-state index contributed by atoms with van der Waals surface area (Å²) in [5, 5.41) is 0. The van der Waals surface area contributed by atoms with E-state index < -0.39 is 5.97 Å². The molecule has 0 aromatic heterocycles. The van der Waals surface area contributed by atoms with Crippen LogP contribution in [0.5, 0.6) is 5.75 Å². The van der Waals surface area contributed by atoms with Gasteiger partial charge in [-0.25, -0.2) is 4.79 Å². The Hall–Kier alpha value is -1.55. The summed E-state index contributed by atoms with van der Waals surface area (Å²) >= 11 is 0. The molecule has 0 saturated heterocycles. The average Bonchev–Trinajstić information content (AvgIpc) is 2.30. The summed E-state index contributed by atoms with van der Waals surface area (Å²) in [5.41, 5.74) is 0.375. The molecule has 0 spiro atoms. The van der Waals surface area contributed by atoms with Crippen molar-refractivity contribution in [3.8, 4) is 5.75 Å². The Bertz CT molecular complexity index is 336. The molecule has 16 heavy (non-hydrogen) atoms. The van der Waals surface area contributed by atoms with Crippen molar-refractivity contribution in [3.05, 3.63) is 29.8 Å². The van der Waals surface area contributed by atoms with E-state index in [-0.39, 0.29) is 0 Å². The summed E-state index contributed by atoms with van der Waals surface area (Å²) in [6.45, 7) is 4.68. The molecule has 1 rings (SSSR count). The van der Waals surface area contributed by atoms with E-state index in [2.05, 4.69) is 4.89 Å². The maximum absolute atomic E-state index is 11.6. The van der Waals surface area contributed by atoms with Gasteiger partial charge in [-0.1, -0.05) is 19.1 Å². The van der Waals surface area contributed by atoms with Gasteiger partial charge in [0.2, 0.25) is 0 Å². The Balaban J connectivity index is 2.66. The van der Waals surface area contributed by atoms with E-state index in [0.717, 1.165) is 6.42 Å². The molecule has 88 valence electrons. The molecule has 4 heteroatoms. The Morgan fingerprint density at radius 3 is 2.69 bits per heavy atom. The van der Waals surface area contributed by atoms with Gasteiger partial charge in [0.05, 0.1) is 13.2 Å². The van der Waals surface area contributed by atoms with Crippen LogP contribution < -0.4 is 4.74 Å². The first-order valence-electron chi connectivity index (χ1n) is 5.35. The van der Waals surface area contributed by atoms with Gasteiger partial charge in [0.25, 0.3) is 0 Å². The van der Waals surface area contributed by atoms with Gasteiger partial charge in [-0.3, -0.25) is 4.89 Å². The second-order valence-electron chi connectivity index (χ2n) is 3.12. The molecule has 0 saturated carbocycles. The quantitative estimate of drug-likeness (QED) is 0.423. The topological polar surface area (TPSA) is 44.8 Å². The molecule has 0 unspecified atom stereocenters. The van der Waals surface area contributed by atoms with Crippen molar-refractivity contribution >= 4 is 5.97 Å². The number of hydrogen-bond acceptors (Lipinski definition) is 4. The molecular formula is C12H16O4. The molecule has 0 atom stereocenters. The molecule has 0 fully saturated rings. The molecule has 0 bridgehead atoms. The number of hydrogen-bond donors (Lipinski definition) is 0. The minimum Gasteiger partial charge on any atom is -0.493 e. The number of carbonyl (C=O) groups excluding carboxylic acids is 1. The summed E-state index contributed by atoms with van der Waals surface area (Å²) in [6.07, 6.45) is 0.792. The van der Waals surface area contributed by atoms with Crippen molar-refractivity contribution in [1.29, 1.82) is 0 Å². The normalized spacial score (nSPS) is 9.88. The zero-order valence-electron chi connectivity index (χ0n) is 9.56. The minimum atomic E-state index is -0.530. The molecule has 0 aliphatic heterocycles. The second kappa shape index (κ2) is 6.85. The zero-order chi connectivity index (χ0) is 11.8. The number of para-hydroxylation sites is 1. The highest BCUT2D eigenvalue weighted by atomic mass is 17.2. The van der Waals surface area contributed by atoms with E-state index >= 15 is 0 Å². The number of ether oxygens (including phenoxy) is 1. The monoisotopic (exact) mass is 224 g/mol. The first kappa shape index (κ1) is 12.5. The second-order valence-corrected chi connectivity index (χ2v) is 3.12. The number of rotatable bonds is 6. The minimum absolute atomic E-state index is 0.375. The largest absolute Gasteiger partial charge is 0.493 e. The predicted molar refractivity (Wildman–Crippen MR) is 59.3 cm³/mol. The average molecular weight is 224 g/mol. The molecule has 1 aromatic carbocycles. The van der Waals surface area contributed by atoms with E-state index in [1.165, 1.54) is 0 Å². The lowest BCUT2D eigenvalue weighted by atomic mass is 10.2. The Morgan fingerprint density at radius 2 is 2.00 bits per heavy atom. The summed E-state index contributed by atoms with van der Waals surface area (Å²) in [7, 11) is 0. The number of carbonyl (C=O) groups is 1. The summed E-state index contributed by atoms with van der Waals surface area (Å²) in [6, 6.07) is 6.91.